The topological polar surface area (TPSA) is 92.8 Å². The number of carbonyl (C=O) groups is 2. The summed E-state index contributed by atoms with van der Waals surface area (Å²) in [6.45, 7) is 4.92. The molecule has 11 unspecified atom stereocenters. The van der Waals surface area contributed by atoms with Crippen LogP contribution in [0.2, 0.25) is 0 Å². The molecule has 0 aromatic heterocycles. The van der Waals surface area contributed by atoms with E-state index >= 15 is 4.79 Å². The van der Waals surface area contributed by atoms with Crippen LogP contribution >= 0.6 is 0 Å². The minimum absolute atomic E-state index is 0.0350. The van der Waals surface area contributed by atoms with Crippen LogP contribution in [0.25, 0.3) is 0 Å². The van der Waals surface area contributed by atoms with E-state index in [1.54, 1.807) is 7.11 Å². The van der Waals surface area contributed by atoms with Gasteiger partial charge in [-0.2, -0.15) is 0 Å². The number of methoxy groups -OCH3 is 2. The van der Waals surface area contributed by atoms with Crippen molar-refractivity contribution < 1.29 is 28.5 Å². The SMILES string of the molecule is COC(=O)C1=C2Nc3ccccc3C23CCN2C(=O)C4(CC5CC67CCOC6CCN6CCC8(c9cccc(OC)c9N(C4)C58)C67)C4OCCC4(C1)C23. The normalized spacial score (nSPS) is 45.9. The number of nitrogens with zero attached hydrogens (tertiary/aromatic N) is 3. The first-order valence-corrected chi connectivity index (χ1v) is 20.3. The number of piperidine rings is 3. The van der Waals surface area contributed by atoms with E-state index in [0.29, 0.717) is 44.1 Å². The van der Waals surface area contributed by atoms with Crippen molar-refractivity contribution in [2.45, 2.75) is 92.5 Å². The van der Waals surface area contributed by atoms with Gasteiger partial charge in [0.25, 0.3) is 0 Å². The molecule has 1 saturated carbocycles. The van der Waals surface area contributed by atoms with Crippen molar-refractivity contribution in [1.82, 2.24) is 9.80 Å². The van der Waals surface area contributed by atoms with Gasteiger partial charge in [-0.25, -0.2) is 4.79 Å². The maximum Gasteiger partial charge on any atom is 0.335 e. The van der Waals surface area contributed by atoms with E-state index in [1.165, 1.54) is 23.9 Å². The largest absolute Gasteiger partial charge is 0.495 e. The first-order chi connectivity index (χ1) is 25.9. The number of ether oxygens (including phenoxy) is 4. The van der Waals surface area contributed by atoms with E-state index in [0.717, 1.165) is 87.3 Å². The summed E-state index contributed by atoms with van der Waals surface area (Å²) in [4.78, 5) is 37.8. The molecule has 11 aliphatic rings. The summed E-state index contributed by atoms with van der Waals surface area (Å²) in [7, 11) is 3.31. The van der Waals surface area contributed by atoms with Crippen LogP contribution in [0.1, 0.15) is 62.5 Å². The van der Waals surface area contributed by atoms with Gasteiger partial charge in [0.15, 0.2) is 0 Å². The lowest BCUT2D eigenvalue weighted by atomic mass is 9.44. The molecular weight excluding hydrogens is 668 g/mol. The maximum atomic E-state index is 16.0. The zero-order valence-electron chi connectivity index (χ0n) is 30.7. The van der Waals surface area contributed by atoms with Gasteiger partial charge < -0.3 is 34.1 Å². The molecule has 2 aromatic rings. The third kappa shape index (κ3) is 3.06. The molecule has 8 fully saturated rings. The minimum Gasteiger partial charge on any atom is -0.495 e. The van der Waals surface area contributed by atoms with Crippen LogP contribution in [0.4, 0.5) is 11.4 Å². The molecule has 11 atom stereocenters. The molecule has 10 nitrogen and oxygen atoms in total. The van der Waals surface area contributed by atoms with Crippen molar-refractivity contribution in [1.29, 1.82) is 0 Å². The molecule has 53 heavy (non-hydrogen) atoms. The predicted molar refractivity (Wildman–Crippen MR) is 195 cm³/mol. The maximum absolute atomic E-state index is 16.0. The monoisotopic (exact) mass is 716 g/mol. The Kier molecular flexibility index (Phi) is 5.56. The highest BCUT2D eigenvalue weighted by Crippen LogP contribution is 2.75. The van der Waals surface area contributed by atoms with Crippen molar-refractivity contribution in [3.63, 3.8) is 0 Å². The van der Waals surface area contributed by atoms with E-state index in [2.05, 4.69) is 62.5 Å². The van der Waals surface area contributed by atoms with Gasteiger partial charge in [-0.3, -0.25) is 9.69 Å². The van der Waals surface area contributed by atoms with Gasteiger partial charge in [-0.05, 0) is 87.1 Å². The molecule has 7 saturated heterocycles. The fourth-order valence-electron chi connectivity index (χ4n) is 16.6. The zero-order chi connectivity index (χ0) is 35.3. The van der Waals surface area contributed by atoms with Crippen molar-refractivity contribution >= 4 is 23.3 Å². The highest BCUT2D eigenvalue weighted by molar-refractivity contribution is 5.95. The summed E-state index contributed by atoms with van der Waals surface area (Å²) >= 11 is 0. The fraction of sp³-hybridized carbons (Fsp3) is 0.628. The third-order valence-corrected chi connectivity index (χ3v) is 17.4. The van der Waals surface area contributed by atoms with Crippen LogP contribution < -0.4 is 15.0 Å². The number of carbonyl (C=O) groups excluding carboxylic acids is 2. The summed E-state index contributed by atoms with van der Waals surface area (Å²) in [5.74, 6) is 1.21. The molecular formula is C43H48N4O6. The van der Waals surface area contributed by atoms with Gasteiger partial charge in [0.2, 0.25) is 5.91 Å². The highest BCUT2D eigenvalue weighted by atomic mass is 16.5. The van der Waals surface area contributed by atoms with Crippen LogP contribution in [-0.4, -0.2) is 106 Å². The summed E-state index contributed by atoms with van der Waals surface area (Å²) in [5, 5.41) is 3.72. The van der Waals surface area contributed by atoms with Gasteiger partial charge in [0.05, 0.1) is 54.6 Å². The van der Waals surface area contributed by atoms with E-state index < -0.39 is 16.2 Å². The average Bonchev–Trinajstić information content (AvgIpc) is 4.04. The Balaban J connectivity index is 1.03. The number of anilines is 2. The first-order valence-electron chi connectivity index (χ1n) is 20.3. The van der Waals surface area contributed by atoms with Gasteiger partial charge in [0, 0.05) is 72.6 Å². The quantitative estimate of drug-likeness (QED) is 0.456. The molecule has 1 amide bonds. The Hall–Kier alpha value is -3.60. The second-order valence-electron chi connectivity index (χ2n) is 18.7. The number of benzene rings is 2. The Morgan fingerprint density at radius 2 is 1.74 bits per heavy atom. The Morgan fingerprint density at radius 3 is 2.62 bits per heavy atom. The number of fused-ring (bicyclic) bond motifs is 4. The van der Waals surface area contributed by atoms with Crippen LogP contribution in [0.15, 0.2) is 53.7 Å². The van der Waals surface area contributed by atoms with Crippen LogP contribution in [0, 0.1) is 22.2 Å². The number of nitrogens with one attached hydrogen (secondary N) is 1. The van der Waals surface area contributed by atoms with Crippen LogP contribution in [-0.2, 0) is 34.6 Å². The van der Waals surface area contributed by atoms with Gasteiger partial charge >= 0.3 is 5.97 Å². The number of para-hydroxylation sites is 2. The lowest BCUT2D eigenvalue weighted by molar-refractivity contribution is -0.192. The average molecular weight is 717 g/mol. The zero-order valence-corrected chi connectivity index (χ0v) is 30.7. The summed E-state index contributed by atoms with van der Waals surface area (Å²) in [6, 6.07) is 15.9. The number of hydrogen-bond acceptors (Lipinski definition) is 9. The fourth-order valence-corrected chi connectivity index (χ4v) is 16.6. The molecule has 276 valence electrons. The molecule has 2 aliphatic carbocycles. The molecule has 1 N–H and O–H groups in total. The summed E-state index contributed by atoms with van der Waals surface area (Å²) in [5.41, 5.74) is 4.92. The Labute approximate surface area is 310 Å². The summed E-state index contributed by atoms with van der Waals surface area (Å²) in [6.07, 6.45) is 7.30. The number of esters is 1. The Bertz CT molecular complexity index is 2090. The molecule has 2 aromatic carbocycles. The van der Waals surface area contributed by atoms with Gasteiger partial charge in [-0.15, -0.1) is 0 Å². The van der Waals surface area contributed by atoms with E-state index in [-0.39, 0.29) is 41.0 Å². The molecule has 13 rings (SSSR count). The van der Waals surface area contributed by atoms with Crippen molar-refractivity contribution in [3.8, 4) is 5.75 Å². The first kappa shape index (κ1) is 30.7. The standard InChI is InChI=1S/C43H48N4O6/c1-50-29-9-5-7-27-31(29)47-23-41(21-24-20-39-13-18-52-30(39)10-15-45-16-11-43(27,33(24)47)35(39)45)37-40(14-19-53-37)22-25(34(48)51-2)32-42(12-17-46(36(40)42)38(41)49)26-6-3-4-8-28(26)44-32/h3-9,24,30,33,35-37,44H,10-23H2,1-2H3. The van der Waals surface area contributed by atoms with Gasteiger partial charge in [-0.1, -0.05) is 30.3 Å². The lowest BCUT2D eigenvalue weighted by Gasteiger charge is -2.67. The predicted octanol–water partition coefficient (Wildman–Crippen LogP) is 4.37. The molecule has 10 heteroatoms. The number of hydrogen-bond donors (Lipinski definition) is 1. The van der Waals surface area contributed by atoms with E-state index in [4.69, 9.17) is 18.9 Å². The van der Waals surface area contributed by atoms with Gasteiger partial charge in [0.1, 0.15) is 5.75 Å². The second-order valence-corrected chi connectivity index (χ2v) is 18.7. The molecule has 9 aliphatic heterocycles. The lowest BCUT2D eigenvalue weighted by Crippen LogP contribution is -2.78. The van der Waals surface area contributed by atoms with E-state index in [1.807, 2.05) is 0 Å². The highest BCUT2D eigenvalue weighted by Gasteiger charge is 2.81. The molecule has 5 spiro atoms. The number of amides is 1. The van der Waals surface area contributed by atoms with Crippen LogP contribution in [0.5, 0.6) is 5.75 Å². The number of rotatable bonds is 2. The minimum atomic E-state index is -0.765. The van der Waals surface area contributed by atoms with Crippen molar-refractivity contribution in [2.24, 2.45) is 22.2 Å². The molecule has 0 radical (unpaired) electrons. The Morgan fingerprint density at radius 1 is 0.887 bits per heavy atom. The molecule has 9 heterocycles. The third-order valence-electron chi connectivity index (χ3n) is 17.4. The second kappa shape index (κ2) is 9.61. The smallest absolute Gasteiger partial charge is 0.335 e. The summed E-state index contributed by atoms with van der Waals surface area (Å²) < 4.78 is 25.7. The van der Waals surface area contributed by atoms with Crippen molar-refractivity contribution in [3.05, 3.63) is 64.9 Å². The molecule has 0 bridgehead atoms. The van der Waals surface area contributed by atoms with Crippen LogP contribution in [0.3, 0.4) is 0 Å². The van der Waals surface area contributed by atoms with E-state index in [9.17, 15) is 4.79 Å². The van der Waals surface area contributed by atoms with Crippen molar-refractivity contribution in [2.75, 3.05) is 63.8 Å².